The van der Waals surface area contributed by atoms with Crippen molar-refractivity contribution in [2.75, 3.05) is 16.8 Å². The number of anilines is 2. The highest BCUT2D eigenvalue weighted by Gasteiger charge is 2.38. The molecule has 1 saturated carbocycles. The van der Waals surface area contributed by atoms with Crippen molar-refractivity contribution in [3.63, 3.8) is 0 Å². The number of carbonyl (C=O) groups excluding carboxylic acids is 1. The van der Waals surface area contributed by atoms with Gasteiger partial charge in [-0.1, -0.05) is 24.3 Å². The predicted molar refractivity (Wildman–Crippen MR) is 98.9 cm³/mol. The highest BCUT2D eigenvalue weighted by atomic mass is 16.3. The lowest BCUT2D eigenvalue weighted by Gasteiger charge is -2.31. The van der Waals surface area contributed by atoms with Crippen LogP contribution in [-0.4, -0.2) is 23.7 Å². The average molecular weight is 337 g/mol. The Morgan fingerprint density at radius 3 is 2.80 bits per heavy atom. The number of nitrogens with zero attached hydrogens (tertiary/aromatic N) is 1. The zero-order valence-electron chi connectivity index (χ0n) is 14.1. The summed E-state index contributed by atoms with van der Waals surface area (Å²) in [5.41, 5.74) is 2.82. The zero-order valence-corrected chi connectivity index (χ0v) is 14.1. The fourth-order valence-corrected chi connectivity index (χ4v) is 4.06. The third-order valence-corrected chi connectivity index (χ3v) is 5.23. The van der Waals surface area contributed by atoms with Crippen molar-refractivity contribution in [3.8, 4) is 5.75 Å². The molecule has 2 aliphatic rings. The first-order valence-corrected chi connectivity index (χ1v) is 8.87. The molecule has 2 aromatic carbocycles. The highest BCUT2D eigenvalue weighted by Crippen LogP contribution is 2.42. The molecule has 25 heavy (non-hydrogen) atoms. The minimum atomic E-state index is -0.236. The minimum Gasteiger partial charge on any atom is -0.508 e. The third kappa shape index (κ3) is 3.40. The van der Waals surface area contributed by atoms with Crippen LogP contribution in [0.5, 0.6) is 5.75 Å². The molecule has 2 bridgehead atoms. The van der Waals surface area contributed by atoms with Gasteiger partial charge in [0.15, 0.2) is 0 Å². The lowest BCUT2D eigenvalue weighted by atomic mass is 10.1. The van der Waals surface area contributed by atoms with Crippen molar-refractivity contribution in [1.29, 1.82) is 0 Å². The number of aromatic hydroxyl groups is 1. The van der Waals surface area contributed by atoms with E-state index in [1.54, 1.807) is 18.2 Å². The summed E-state index contributed by atoms with van der Waals surface area (Å²) < 4.78 is 0. The number of nitrogens with one attached hydrogen (secondary N) is 2. The molecule has 130 valence electrons. The molecule has 0 aromatic heterocycles. The molecule has 4 rings (SSSR count). The van der Waals surface area contributed by atoms with Gasteiger partial charge in [-0.25, -0.2) is 4.79 Å². The van der Waals surface area contributed by atoms with E-state index in [0.717, 1.165) is 29.4 Å². The van der Waals surface area contributed by atoms with E-state index in [9.17, 15) is 9.90 Å². The summed E-state index contributed by atoms with van der Waals surface area (Å²) in [6.45, 7) is 1.46. The highest BCUT2D eigenvalue weighted by molar-refractivity contribution is 5.93. The molecule has 2 fully saturated rings. The number of fused-ring (bicyclic) bond motifs is 2. The second-order valence-corrected chi connectivity index (χ2v) is 6.98. The average Bonchev–Trinajstić information content (AvgIpc) is 3.24. The maximum Gasteiger partial charge on any atom is 0.319 e. The Morgan fingerprint density at radius 1 is 1.16 bits per heavy atom. The Labute approximate surface area is 147 Å². The van der Waals surface area contributed by atoms with Gasteiger partial charge in [0.05, 0.1) is 11.4 Å². The SMILES string of the molecule is O=C(NCc1cccc(O)c1)Nc1ccccc1N1CC2CCC1C2. The van der Waals surface area contributed by atoms with Crippen LogP contribution in [0.2, 0.25) is 0 Å². The van der Waals surface area contributed by atoms with E-state index in [0.29, 0.717) is 12.6 Å². The minimum absolute atomic E-state index is 0.203. The van der Waals surface area contributed by atoms with E-state index in [4.69, 9.17) is 0 Å². The van der Waals surface area contributed by atoms with Crippen LogP contribution in [0.4, 0.5) is 16.2 Å². The summed E-state index contributed by atoms with van der Waals surface area (Å²) in [7, 11) is 0. The number of phenolic OH excluding ortho intramolecular Hbond substituents is 1. The maximum atomic E-state index is 12.3. The van der Waals surface area contributed by atoms with Gasteiger partial charge in [0.25, 0.3) is 0 Å². The van der Waals surface area contributed by atoms with Crippen LogP contribution in [0.25, 0.3) is 0 Å². The summed E-state index contributed by atoms with van der Waals surface area (Å²) in [5, 5.41) is 15.3. The first kappa shape index (κ1) is 15.8. The summed E-state index contributed by atoms with van der Waals surface area (Å²) in [4.78, 5) is 14.7. The lowest BCUT2D eigenvalue weighted by molar-refractivity contribution is 0.251. The summed E-state index contributed by atoms with van der Waals surface area (Å²) >= 11 is 0. The second kappa shape index (κ2) is 6.67. The van der Waals surface area contributed by atoms with Gasteiger partial charge >= 0.3 is 6.03 Å². The molecule has 1 aliphatic heterocycles. The number of carbonyl (C=O) groups is 1. The van der Waals surface area contributed by atoms with Crippen molar-refractivity contribution < 1.29 is 9.90 Å². The second-order valence-electron chi connectivity index (χ2n) is 6.98. The van der Waals surface area contributed by atoms with E-state index in [-0.39, 0.29) is 11.8 Å². The van der Waals surface area contributed by atoms with Gasteiger partial charge in [-0.2, -0.15) is 0 Å². The summed E-state index contributed by atoms with van der Waals surface area (Å²) in [6.07, 6.45) is 3.86. The molecule has 1 saturated heterocycles. The van der Waals surface area contributed by atoms with Crippen LogP contribution >= 0.6 is 0 Å². The van der Waals surface area contributed by atoms with Crippen molar-refractivity contribution in [2.45, 2.75) is 31.8 Å². The Balaban J connectivity index is 1.41. The number of amides is 2. The Bertz CT molecular complexity index is 777. The number of phenols is 1. The molecule has 1 aliphatic carbocycles. The number of rotatable bonds is 4. The van der Waals surface area contributed by atoms with Crippen LogP contribution in [0.15, 0.2) is 48.5 Å². The van der Waals surface area contributed by atoms with Gasteiger partial charge in [0.2, 0.25) is 0 Å². The van der Waals surface area contributed by atoms with Crippen LogP contribution in [0.3, 0.4) is 0 Å². The number of para-hydroxylation sites is 2. The van der Waals surface area contributed by atoms with Crippen molar-refractivity contribution in [1.82, 2.24) is 5.32 Å². The molecule has 1 heterocycles. The van der Waals surface area contributed by atoms with Crippen molar-refractivity contribution in [3.05, 3.63) is 54.1 Å². The summed E-state index contributed by atoms with van der Waals surface area (Å²) in [6, 6.07) is 15.3. The molecule has 0 spiro atoms. The Morgan fingerprint density at radius 2 is 2.04 bits per heavy atom. The van der Waals surface area contributed by atoms with Crippen LogP contribution in [-0.2, 0) is 6.54 Å². The smallest absolute Gasteiger partial charge is 0.319 e. The van der Waals surface area contributed by atoms with Crippen molar-refractivity contribution in [2.24, 2.45) is 5.92 Å². The van der Waals surface area contributed by atoms with Gasteiger partial charge in [-0.3, -0.25) is 0 Å². The number of hydrogen-bond acceptors (Lipinski definition) is 3. The molecule has 2 atom stereocenters. The van der Waals surface area contributed by atoms with Gasteiger partial charge < -0.3 is 20.6 Å². The predicted octanol–water partition coefficient (Wildman–Crippen LogP) is 3.70. The van der Waals surface area contributed by atoms with Gasteiger partial charge in [0.1, 0.15) is 5.75 Å². The standard InChI is InChI=1S/C20H23N3O2/c24-17-5-3-4-14(11-17)12-21-20(25)22-18-6-1-2-7-19(18)23-13-15-8-9-16(23)10-15/h1-7,11,15-16,24H,8-10,12-13H2,(H2,21,22,25). The van der Waals surface area contributed by atoms with E-state index in [2.05, 4.69) is 21.6 Å². The number of hydrogen-bond donors (Lipinski definition) is 3. The maximum absolute atomic E-state index is 12.3. The van der Waals surface area contributed by atoms with Crippen LogP contribution in [0, 0.1) is 5.92 Å². The van der Waals surface area contributed by atoms with Crippen molar-refractivity contribution >= 4 is 17.4 Å². The largest absolute Gasteiger partial charge is 0.508 e. The molecule has 5 nitrogen and oxygen atoms in total. The fourth-order valence-electron chi connectivity index (χ4n) is 4.06. The van der Waals surface area contributed by atoms with Crippen LogP contribution in [0.1, 0.15) is 24.8 Å². The quantitative estimate of drug-likeness (QED) is 0.797. The van der Waals surface area contributed by atoms with Gasteiger partial charge in [-0.05, 0) is 55.0 Å². The summed E-state index contributed by atoms with van der Waals surface area (Å²) in [5.74, 6) is 1.01. The van der Waals surface area contributed by atoms with Gasteiger partial charge in [0, 0.05) is 19.1 Å². The zero-order chi connectivity index (χ0) is 17.2. The normalized spacial score (nSPS) is 21.4. The molecule has 2 amide bonds. The number of piperidine rings is 1. The van der Waals surface area contributed by atoms with E-state index in [1.165, 1.54) is 19.3 Å². The molecule has 2 aromatic rings. The number of benzene rings is 2. The van der Waals surface area contributed by atoms with Gasteiger partial charge in [-0.15, -0.1) is 0 Å². The first-order valence-electron chi connectivity index (χ1n) is 8.87. The molecule has 2 unspecified atom stereocenters. The van der Waals surface area contributed by atoms with Crippen LogP contribution < -0.4 is 15.5 Å². The Kier molecular flexibility index (Phi) is 4.22. The molecular formula is C20H23N3O2. The molecular weight excluding hydrogens is 314 g/mol. The first-order chi connectivity index (χ1) is 12.2. The Hall–Kier alpha value is -2.69. The third-order valence-electron chi connectivity index (χ3n) is 5.23. The molecule has 3 N–H and O–H groups in total. The van der Waals surface area contributed by atoms with E-state index in [1.807, 2.05) is 24.3 Å². The van der Waals surface area contributed by atoms with E-state index < -0.39 is 0 Å². The monoisotopic (exact) mass is 337 g/mol. The topological polar surface area (TPSA) is 64.6 Å². The lowest BCUT2D eigenvalue weighted by Crippen LogP contribution is -2.34. The number of urea groups is 1. The fraction of sp³-hybridized carbons (Fsp3) is 0.350. The molecule has 0 radical (unpaired) electrons. The van der Waals surface area contributed by atoms with E-state index >= 15 is 0 Å². The molecule has 5 heteroatoms.